The van der Waals surface area contributed by atoms with Gasteiger partial charge in [-0.2, -0.15) is 0 Å². The van der Waals surface area contributed by atoms with Crippen LogP contribution >= 0.6 is 11.6 Å². The molecule has 2 aliphatic heterocycles. The third kappa shape index (κ3) is 2.74. The smallest absolute Gasteiger partial charge is 0.313 e. The Morgan fingerprint density at radius 2 is 1.94 bits per heavy atom. The van der Waals surface area contributed by atoms with Crippen molar-refractivity contribution >= 4 is 35.1 Å². The lowest BCUT2D eigenvalue weighted by molar-refractivity contribution is -0.168. The van der Waals surface area contributed by atoms with Crippen LogP contribution in [-0.4, -0.2) is 36.0 Å². The number of hydrogen-bond acceptors (Lipinski definition) is 4. The molecule has 32 heavy (non-hydrogen) atoms. The number of halogens is 1. The molecule has 2 amide bonds. The number of nitrogens with one attached hydrogen (secondary N) is 1. The van der Waals surface area contributed by atoms with Gasteiger partial charge in [-0.25, -0.2) is 0 Å². The van der Waals surface area contributed by atoms with Crippen LogP contribution in [0.15, 0.2) is 24.3 Å². The summed E-state index contributed by atoms with van der Waals surface area (Å²) in [7, 11) is 0. The second kappa shape index (κ2) is 6.96. The third-order valence-corrected chi connectivity index (χ3v) is 9.50. The number of esters is 1. The first-order valence-electron chi connectivity index (χ1n) is 11.7. The lowest BCUT2D eigenvalue weighted by atomic mass is 9.66. The lowest BCUT2D eigenvalue weighted by Gasteiger charge is -2.40. The number of carbonyl (C=O) groups excluding carboxylic acids is 3. The Balaban J connectivity index is 1.33. The molecular formula is C25H31ClN2O4. The Labute approximate surface area is 194 Å². The molecule has 1 spiro atoms. The number of amides is 2. The standard InChI is InChI=1S/C25H31ClN2O4/c1-22(2)23(3)10-11-25(22,32-21(23)31)19(29)27-17-7-5-9-24(15-17)12-13-28(20(24)30)18-8-4-6-16(26)14-18/h4,6,8,14,17H,5,7,9-13,15H2,1-3H3,(H,27,29)/t17-,23+,24-,25-/m1/s1. The zero-order valence-electron chi connectivity index (χ0n) is 19.0. The van der Waals surface area contributed by atoms with E-state index in [0.29, 0.717) is 30.8 Å². The van der Waals surface area contributed by atoms with Crippen molar-refractivity contribution in [3.63, 3.8) is 0 Å². The molecular weight excluding hydrogens is 428 g/mol. The van der Waals surface area contributed by atoms with Crippen LogP contribution in [0.4, 0.5) is 5.69 Å². The lowest BCUT2D eigenvalue weighted by Crippen LogP contribution is -2.57. The third-order valence-electron chi connectivity index (χ3n) is 9.26. The monoisotopic (exact) mass is 458 g/mol. The van der Waals surface area contributed by atoms with Gasteiger partial charge in [0.2, 0.25) is 5.91 Å². The van der Waals surface area contributed by atoms with Crippen molar-refractivity contribution in [2.24, 2.45) is 16.2 Å². The van der Waals surface area contributed by atoms with E-state index in [-0.39, 0.29) is 23.8 Å². The summed E-state index contributed by atoms with van der Waals surface area (Å²) in [4.78, 5) is 41.4. The number of hydrogen-bond donors (Lipinski definition) is 1. The summed E-state index contributed by atoms with van der Waals surface area (Å²) < 4.78 is 5.76. The largest absolute Gasteiger partial charge is 0.448 e. The molecule has 0 unspecified atom stereocenters. The van der Waals surface area contributed by atoms with E-state index in [1.165, 1.54) is 0 Å². The SMILES string of the molecule is CC1(C)[C@@]2(C)CC[C@]1(C(=O)N[C@@H]1CCC[C@@]3(CCN(c4cccc(Cl)c4)C3=O)C1)OC2=O. The minimum Gasteiger partial charge on any atom is -0.448 e. The first-order chi connectivity index (χ1) is 15.0. The van der Waals surface area contributed by atoms with Crippen LogP contribution in [0, 0.1) is 16.2 Å². The maximum atomic E-state index is 13.5. The van der Waals surface area contributed by atoms with Gasteiger partial charge >= 0.3 is 5.97 Å². The number of nitrogens with zero attached hydrogens (tertiary/aromatic N) is 1. The van der Waals surface area contributed by atoms with E-state index in [1.807, 2.05) is 43.9 Å². The highest BCUT2D eigenvalue weighted by Crippen LogP contribution is 2.65. The first kappa shape index (κ1) is 21.7. The molecule has 6 nitrogen and oxygen atoms in total. The van der Waals surface area contributed by atoms with Gasteiger partial charge in [0.25, 0.3) is 5.91 Å². The quantitative estimate of drug-likeness (QED) is 0.687. The summed E-state index contributed by atoms with van der Waals surface area (Å²) in [5, 5.41) is 3.81. The van der Waals surface area contributed by atoms with Crippen molar-refractivity contribution in [3.8, 4) is 0 Å². The molecule has 2 saturated heterocycles. The molecule has 0 radical (unpaired) electrons. The zero-order chi connectivity index (χ0) is 22.9. The minimum absolute atomic E-state index is 0.101. The molecule has 2 bridgehead atoms. The second-order valence-corrected chi connectivity index (χ2v) is 11.3. The Morgan fingerprint density at radius 3 is 2.59 bits per heavy atom. The van der Waals surface area contributed by atoms with Crippen LogP contribution in [-0.2, 0) is 19.1 Å². The van der Waals surface area contributed by atoms with E-state index in [9.17, 15) is 14.4 Å². The van der Waals surface area contributed by atoms with Gasteiger partial charge in [0.05, 0.1) is 10.8 Å². The number of carbonyl (C=O) groups is 3. The van der Waals surface area contributed by atoms with Crippen LogP contribution in [0.5, 0.6) is 0 Å². The molecule has 2 saturated carbocycles. The van der Waals surface area contributed by atoms with Gasteiger partial charge < -0.3 is 15.0 Å². The van der Waals surface area contributed by atoms with E-state index < -0.39 is 21.8 Å². The van der Waals surface area contributed by atoms with Gasteiger partial charge in [-0.05, 0) is 63.6 Å². The van der Waals surface area contributed by atoms with E-state index in [1.54, 1.807) is 6.07 Å². The predicted octanol–water partition coefficient (Wildman–Crippen LogP) is 4.24. The Bertz CT molecular complexity index is 1010. The summed E-state index contributed by atoms with van der Waals surface area (Å²) in [6.45, 7) is 6.51. The van der Waals surface area contributed by atoms with Crippen molar-refractivity contribution in [2.75, 3.05) is 11.4 Å². The number of benzene rings is 1. The number of ether oxygens (including phenoxy) is 1. The highest BCUT2D eigenvalue weighted by Gasteiger charge is 2.75. The van der Waals surface area contributed by atoms with Gasteiger partial charge in [-0.15, -0.1) is 0 Å². The molecule has 1 N–H and O–H groups in total. The predicted molar refractivity (Wildman–Crippen MR) is 121 cm³/mol. The fourth-order valence-electron chi connectivity index (χ4n) is 6.67. The molecule has 5 rings (SSSR count). The minimum atomic E-state index is -1.12. The molecule has 2 heterocycles. The Kier molecular flexibility index (Phi) is 4.73. The molecule has 4 fully saturated rings. The Morgan fingerprint density at radius 1 is 1.16 bits per heavy atom. The van der Waals surface area contributed by atoms with Gasteiger partial charge in [-0.3, -0.25) is 14.4 Å². The van der Waals surface area contributed by atoms with E-state index >= 15 is 0 Å². The second-order valence-electron chi connectivity index (χ2n) is 10.9. The summed E-state index contributed by atoms with van der Waals surface area (Å²) in [6, 6.07) is 7.30. The first-order valence-corrected chi connectivity index (χ1v) is 12.0. The Hall–Kier alpha value is -2.08. The summed E-state index contributed by atoms with van der Waals surface area (Å²) in [5.41, 5.74) is -1.94. The summed E-state index contributed by atoms with van der Waals surface area (Å²) in [6.07, 6.45) is 5.15. The average Bonchev–Trinajstić information content (AvgIpc) is 3.21. The average molecular weight is 459 g/mol. The molecule has 1 aromatic rings. The van der Waals surface area contributed by atoms with Gasteiger partial charge in [-0.1, -0.05) is 37.9 Å². The number of anilines is 1. The molecule has 4 aliphatic rings. The van der Waals surface area contributed by atoms with Crippen molar-refractivity contribution in [2.45, 2.75) is 77.4 Å². The highest BCUT2D eigenvalue weighted by atomic mass is 35.5. The van der Waals surface area contributed by atoms with Crippen molar-refractivity contribution in [1.82, 2.24) is 5.32 Å². The molecule has 172 valence electrons. The van der Waals surface area contributed by atoms with Crippen molar-refractivity contribution in [3.05, 3.63) is 29.3 Å². The van der Waals surface area contributed by atoms with Crippen LogP contribution in [0.25, 0.3) is 0 Å². The maximum Gasteiger partial charge on any atom is 0.313 e. The van der Waals surface area contributed by atoms with Gasteiger partial charge in [0.15, 0.2) is 5.60 Å². The molecule has 2 aliphatic carbocycles. The van der Waals surface area contributed by atoms with Crippen LogP contribution in [0.2, 0.25) is 5.02 Å². The van der Waals surface area contributed by atoms with Gasteiger partial charge in [0, 0.05) is 28.7 Å². The molecule has 1 aromatic carbocycles. The fourth-order valence-corrected chi connectivity index (χ4v) is 6.85. The van der Waals surface area contributed by atoms with E-state index in [4.69, 9.17) is 16.3 Å². The zero-order valence-corrected chi connectivity index (χ0v) is 19.8. The van der Waals surface area contributed by atoms with Crippen LogP contribution in [0.1, 0.15) is 65.7 Å². The molecule has 7 heteroatoms. The van der Waals surface area contributed by atoms with Gasteiger partial charge in [0.1, 0.15) is 0 Å². The normalized spacial score (nSPS) is 37.8. The number of fused-ring (bicyclic) bond motifs is 2. The van der Waals surface area contributed by atoms with Crippen molar-refractivity contribution in [1.29, 1.82) is 0 Å². The molecule has 4 atom stereocenters. The van der Waals surface area contributed by atoms with Crippen LogP contribution in [0.3, 0.4) is 0 Å². The van der Waals surface area contributed by atoms with E-state index in [2.05, 4.69) is 5.32 Å². The summed E-state index contributed by atoms with van der Waals surface area (Å²) >= 11 is 6.14. The molecule has 0 aromatic heterocycles. The summed E-state index contributed by atoms with van der Waals surface area (Å²) in [5.74, 6) is -0.346. The maximum absolute atomic E-state index is 13.5. The highest BCUT2D eigenvalue weighted by molar-refractivity contribution is 6.31. The number of rotatable bonds is 3. The van der Waals surface area contributed by atoms with Crippen LogP contribution < -0.4 is 10.2 Å². The van der Waals surface area contributed by atoms with E-state index in [0.717, 1.165) is 31.4 Å². The topological polar surface area (TPSA) is 75.7 Å². The van der Waals surface area contributed by atoms with Crippen molar-refractivity contribution < 1.29 is 19.1 Å². The fraction of sp³-hybridized carbons (Fsp3) is 0.640.